The molecule has 0 aliphatic rings. The average Bonchev–Trinajstić information content (AvgIpc) is 2.37. The number of nitrogens with one attached hydrogen (secondary N) is 1. The first-order chi connectivity index (χ1) is 8.95. The maximum Gasteiger partial charge on any atom is 0.290 e. The molecule has 0 bridgehead atoms. The summed E-state index contributed by atoms with van der Waals surface area (Å²) in [6, 6.07) is 2.70. The van der Waals surface area contributed by atoms with E-state index in [0.29, 0.717) is 0 Å². The fraction of sp³-hybridized carbons (Fsp3) is 0.500. The van der Waals surface area contributed by atoms with Gasteiger partial charge in [-0.3, -0.25) is 4.79 Å². The van der Waals surface area contributed by atoms with Crippen LogP contribution in [0.25, 0.3) is 0 Å². The number of hydrogen-bond donors (Lipinski definition) is 2. The van der Waals surface area contributed by atoms with Crippen molar-refractivity contribution in [1.82, 2.24) is 10.3 Å². The molecule has 0 saturated carbocycles. The molecule has 0 spiro atoms. The van der Waals surface area contributed by atoms with E-state index in [4.69, 9.17) is 5.11 Å². The van der Waals surface area contributed by atoms with Crippen LogP contribution in [0.15, 0.2) is 23.4 Å². The molecule has 19 heavy (non-hydrogen) atoms. The Morgan fingerprint density at radius 3 is 2.79 bits per heavy atom. The molecule has 4 nitrogen and oxygen atoms in total. The number of carbonyl (C=O) groups is 1. The van der Waals surface area contributed by atoms with Crippen LogP contribution in [0, 0.1) is 5.92 Å². The molecule has 2 atom stereocenters. The highest BCUT2D eigenvalue weighted by Crippen LogP contribution is 2.26. The van der Waals surface area contributed by atoms with E-state index in [1.807, 2.05) is 0 Å². The van der Waals surface area contributed by atoms with E-state index in [-0.39, 0.29) is 40.9 Å². The minimum absolute atomic E-state index is 0.00106. The van der Waals surface area contributed by atoms with E-state index >= 15 is 0 Å². The molecule has 106 valence electrons. The predicted octanol–water partition coefficient (Wildman–Crippen LogP) is 2.14. The van der Waals surface area contributed by atoms with Gasteiger partial charge in [-0.1, -0.05) is 6.92 Å². The van der Waals surface area contributed by atoms with Crippen LogP contribution in [0.2, 0.25) is 0 Å². The van der Waals surface area contributed by atoms with Gasteiger partial charge in [0.2, 0.25) is 0 Å². The van der Waals surface area contributed by atoms with Gasteiger partial charge in [0.1, 0.15) is 5.03 Å². The Morgan fingerprint density at radius 2 is 2.21 bits per heavy atom. The largest absolute Gasteiger partial charge is 0.396 e. The molecule has 0 aromatic carbocycles. The van der Waals surface area contributed by atoms with Crippen LogP contribution < -0.4 is 5.32 Å². The van der Waals surface area contributed by atoms with Crippen LogP contribution in [0.5, 0.6) is 0 Å². The van der Waals surface area contributed by atoms with Crippen molar-refractivity contribution in [2.75, 3.05) is 6.61 Å². The molecule has 7 heteroatoms. The van der Waals surface area contributed by atoms with Crippen molar-refractivity contribution in [3.63, 3.8) is 0 Å². The maximum atomic E-state index is 12.4. The monoisotopic (exact) mass is 290 g/mol. The Bertz CT molecular complexity index is 432. The number of thioether (sulfide) groups is 1. The third kappa shape index (κ3) is 4.76. The number of amides is 1. The zero-order chi connectivity index (χ0) is 14.4. The summed E-state index contributed by atoms with van der Waals surface area (Å²) in [5.41, 5.74) is 0.116. The van der Waals surface area contributed by atoms with Gasteiger partial charge in [-0.15, -0.1) is 0 Å². The third-order valence-electron chi connectivity index (χ3n) is 2.72. The van der Waals surface area contributed by atoms with E-state index < -0.39 is 11.7 Å². The molecule has 0 aliphatic heterocycles. The van der Waals surface area contributed by atoms with Crippen LogP contribution in [0.3, 0.4) is 0 Å². The van der Waals surface area contributed by atoms with Gasteiger partial charge >= 0.3 is 0 Å². The summed E-state index contributed by atoms with van der Waals surface area (Å²) >= 11 is 0.240. The SMILES string of the molecule is CC(CO)C(C)NC(=O)c1cccnc1SC(F)F. The van der Waals surface area contributed by atoms with Crippen molar-refractivity contribution in [2.45, 2.75) is 30.7 Å². The normalized spacial score (nSPS) is 14.2. The van der Waals surface area contributed by atoms with E-state index in [1.165, 1.54) is 18.3 Å². The van der Waals surface area contributed by atoms with Crippen molar-refractivity contribution in [1.29, 1.82) is 0 Å². The van der Waals surface area contributed by atoms with Crippen LogP contribution >= 0.6 is 11.8 Å². The zero-order valence-corrected chi connectivity index (χ0v) is 11.5. The maximum absolute atomic E-state index is 12.4. The standard InChI is InChI=1S/C12H16F2N2O2S/c1-7(6-17)8(2)16-10(18)9-4-3-5-15-11(9)19-12(13)14/h3-5,7-8,12,17H,6H2,1-2H3,(H,16,18). The Kier molecular flexibility index (Phi) is 6.17. The summed E-state index contributed by atoms with van der Waals surface area (Å²) in [6.45, 7) is 3.46. The van der Waals surface area contributed by atoms with Gasteiger partial charge < -0.3 is 10.4 Å². The third-order valence-corrected chi connectivity index (χ3v) is 3.44. The summed E-state index contributed by atoms with van der Waals surface area (Å²) in [5, 5.41) is 11.7. The van der Waals surface area contributed by atoms with Gasteiger partial charge in [-0.2, -0.15) is 8.78 Å². The number of aromatic nitrogens is 1. The average molecular weight is 290 g/mol. The van der Waals surface area contributed by atoms with E-state index in [0.717, 1.165) is 0 Å². The predicted molar refractivity (Wildman–Crippen MR) is 69.3 cm³/mol. The molecule has 0 saturated heterocycles. The van der Waals surface area contributed by atoms with Crippen LogP contribution in [-0.2, 0) is 0 Å². The number of carbonyl (C=O) groups excluding carboxylic acids is 1. The van der Waals surface area contributed by atoms with Crippen molar-refractivity contribution in [2.24, 2.45) is 5.92 Å². The van der Waals surface area contributed by atoms with E-state index in [9.17, 15) is 13.6 Å². The van der Waals surface area contributed by atoms with Gasteiger partial charge in [0, 0.05) is 18.8 Å². The lowest BCUT2D eigenvalue weighted by Gasteiger charge is -2.19. The Labute approximate surface area is 114 Å². The van der Waals surface area contributed by atoms with E-state index in [2.05, 4.69) is 10.3 Å². The Morgan fingerprint density at radius 1 is 1.53 bits per heavy atom. The number of aliphatic hydroxyl groups excluding tert-OH is 1. The summed E-state index contributed by atoms with van der Waals surface area (Å²) in [4.78, 5) is 15.8. The molecule has 0 fully saturated rings. The van der Waals surface area contributed by atoms with Crippen LogP contribution in [-0.4, -0.2) is 34.4 Å². The molecule has 2 N–H and O–H groups in total. The quantitative estimate of drug-likeness (QED) is 0.788. The highest BCUT2D eigenvalue weighted by Gasteiger charge is 2.19. The summed E-state index contributed by atoms with van der Waals surface area (Å²) in [5.74, 6) is -3.22. The number of rotatable bonds is 6. The first-order valence-corrected chi connectivity index (χ1v) is 6.65. The number of nitrogens with zero attached hydrogens (tertiary/aromatic N) is 1. The first kappa shape index (κ1) is 15.8. The molecule has 0 aliphatic carbocycles. The fourth-order valence-corrected chi connectivity index (χ4v) is 1.91. The van der Waals surface area contributed by atoms with Gasteiger partial charge in [0.05, 0.1) is 5.56 Å². The number of alkyl halides is 2. The Balaban J connectivity index is 2.82. The molecule has 1 aromatic heterocycles. The highest BCUT2D eigenvalue weighted by molar-refractivity contribution is 7.99. The van der Waals surface area contributed by atoms with Crippen molar-refractivity contribution in [3.8, 4) is 0 Å². The molecular weight excluding hydrogens is 274 g/mol. The van der Waals surface area contributed by atoms with Crippen molar-refractivity contribution < 1.29 is 18.7 Å². The van der Waals surface area contributed by atoms with Crippen molar-refractivity contribution >= 4 is 17.7 Å². The summed E-state index contributed by atoms with van der Waals surface area (Å²) in [7, 11) is 0. The van der Waals surface area contributed by atoms with Crippen LogP contribution in [0.1, 0.15) is 24.2 Å². The summed E-state index contributed by atoms with van der Waals surface area (Å²) < 4.78 is 24.7. The molecule has 1 heterocycles. The van der Waals surface area contributed by atoms with Crippen molar-refractivity contribution in [3.05, 3.63) is 23.9 Å². The molecule has 2 unspecified atom stereocenters. The van der Waals surface area contributed by atoms with Gasteiger partial charge in [-0.05, 0) is 36.7 Å². The highest BCUT2D eigenvalue weighted by atomic mass is 32.2. The number of pyridine rings is 1. The number of halogens is 2. The van der Waals surface area contributed by atoms with Gasteiger partial charge in [-0.25, -0.2) is 4.98 Å². The summed E-state index contributed by atoms with van der Waals surface area (Å²) in [6.07, 6.45) is 1.36. The lowest BCUT2D eigenvalue weighted by atomic mass is 10.0. The van der Waals surface area contributed by atoms with Gasteiger partial charge in [0.25, 0.3) is 11.7 Å². The zero-order valence-electron chi connectivity index (χ0n) is 10.6. The van der Waals surface area contributed by atoms with Crippen LogP contribution in [0.4, 0.5) is 8.78 Å². The second-order valence-electron chi connectivity index (χ2n) is 4.16. The fourth-order valence-electron chi connectivity index (χ4n) is 1.33. The lowest BCUT2D eigenvalue weighted by molar-refractivity contribution is 0.0912. The molecule has 1 rings (SSSR count). The molecule has 1 amide bonds. The number of aliphatic hydroxyl groups is 1. The second-order valence-corrected chi connectivity index (χ2v) is 5.14. The smallest absolute Gasteiger partial charge is 0.290 e. The topological polar surface area (TPSA) is 62.2 Å². The lowest BCUT2D eigenvalue weighted by Crippen LogP contribution is -2.38. The minimum atomic E-state index is -2.63. The number of hydrogen-bond acceptors (Lipinski definition) is 4. The Hall–Kier alpha value is -1.21. The minimum Gasteiger partial charge on any atom is -0.396 e. The second kappa shape index (κ2) is 7.40. The molecule has 1 aromatic rings. The van der Waals surface area contributed by atoms with E-state index in [1.54, 1.807) is 13.8 Å². The first-order valence-electron chi connectivity index (χ1n) is 5.77. The van der Waals surface area contributed by atoms with Gasteiger partial charge in [0.15, 0.2) is 0 Å². The molecular formula is C12H16F2N2O2S. The molecule has 0 radical (unpaired) electrons.